The summed E-state index contributed by atoms with van der Waals surface area (Å²) in [4.78, 5) is 2.45. The van der Waals surface area contributed by atoms with Crippen LogP contribution in [0.25, 0.3) is 0 Å². The summed E-state index contributed by atoms with van der Waals surface area (Å²) >= 11 is 0. The van der Waals surface area contributed by atoms with Crippen molar-refractivity contribution in [3.8, 4) is 0 Å². The van der Waals surface area contributed by atoms with Crippen LogP contribution in [0.3, 0.4) is 0 Å². The van der Waals surface area contributed by atoms with Gasteiger partial charge in [-0.2, -0.15) is 0 Å². The SMILES string of the molecule is CN1CC2C[C@@H]1CN2. The fraction of sp³-hybridized carbons (Fsp3) is 1.00. The summed E-state index contributed by atoms with van der Waals surface area (Å²) in [5, 5.41) is 3.44. The Bertz CT molecular complexity index is 101. The van der Waals surface area contributed by atoms with Crippen LogP contribution < -0.4 is 5.32 Å². The molecule has 2 fully saturated rings. The highest BCUT2D eigenvalue weighted by molar-refractivity contribution is 4.95. The molecule has 2 nitrogen and oxygen atoms in total. The molecule has 0 aliphatic carbocycles. The molecule has 2 heteroatoms. The third kappa shape index (κ3) is 0.501. The minimum atomic E-state index is 0.824. The summed E-state index contributed by atoms with van der Waals surface area (Å²) in [5.74, 6) is 0. The summed E-state index contributed by atoms with van der Waals surface area (Å²) in [5.41, 5.74) is 0. The fourth-order valence-corrected chi connectivity index (χ4v) is 1.77. The first-order valence-electron chi connectivity index (χ1n) is 3.30. The molecule has 1 unspecified atom stereocenters. The number of hydrogen-bond acceptors (Lipinski definition) is 2. The zero-order chi connectivity index (χ0) is 5.56. The average Bonchev–Trinajstić information content (AvgIpc) is 2.23. The predicted octanol–water partition coefficient (Wildman–Crippen LogP) is -0.338. The fourth-order valence-electron chi connectivity index (χ4n) is 1.77. The van der Waals surface area contributed by atoms with Crippen LogP contribution in [0, 0.1) is 0 Å². The van der Waals surface area contributed by atoms with Crippen molar-refractivity contribution in [2.45, 2.75) is 18.5 Å². The summed E-state index contributed by atoms with van der Waals surface area (Å²) in [7, 11) is 2.21. The second kappa shape index (κ2) is 1.45. The molecule has 0 aromatic carbocycles. The van der Waals surface area contributed by atoms with Crippen molar-refractivity contribution >= 4 is 0 Å². The molecular formula is C6H12N2. The number of nitrogens with one attached hydrogen (secondary N) is 1. The molecule has 2 aliphatic heterocycles. The Morgan fingerprint density at radius 3 is 2.75 bits per heavy atom. The van der Waals surface area contributed by atoms with Crippen LogP contribution in [-0.2, 0) is 0 Å². The van der Waals surface area contributed by atoms with E-state index in [0.717, 1.165) is 12.1 Å². The van der Waals surface area contributed by atoms with Crippen LogP contribution in [0.4, 0.5) is 0 Å². The standard InChI is InChI=1S/C6H12N2/c1-8-4-5-2-6(8)3-7-5/h5-7H,2-4H2,1H3/t5?,6-/m1/s1. The van der Waals surface area contributed by atoms with Gasteiger partial charge in [-0.1, -0.05) is 0 Å². The van der Waals surface area contributed by atoms with Crippen molar-refractivity contribution in [2.75, 3.05) is 20.1 Å². The van der Waals surface area contributed by atoms with Gasteiger partial charge in [0, 0.05) is 25.2 Å². The van der Waals surface area contributed by atoms with Gasteiger partial charge in [-0.05, 0) is 13.5 Å². The first kappa shape index (κ1) is 4.77. The molecule has 46 valence electrons. The van der Waals surface area contributed by atoms with Crippen molar-refractivity contribution in [1.29, 1.82) is 0 Å². The number of likely N-dealkylation sites (tertiary alicyclic amines) is 1. The molecule has 1 N–H and O–H groups in total. The Kier molecular flexibility index (Phi) is 0.866. The molecule has 0 radical (unpaired) electrons. The second-order valence-electron chi connectivity index (χ2n) is 2.93. The van der Waals surface area contributed by atoms with E-state index >= 15 is 0 Å². The maximum absolute atomic E-state index is 3.44. The first-order valence-corrected chi connectivity index (χ1v) is 3.30. The second-order valence-corrected chi connectivity index (χ2v) is 2.93. The number of fused-ring (bicyclic) bond motifs is 2. The lowest BCUT2D eigenvalue weighted by Gasteiger charge is -2.21. The topological polar surface area (TPSA) is 15.3 Å². The normalized spacial score (nSPS) is 46.1. The lowest BCUT2D eigenvalue weighted by Crippen LogP contribution is -2.41. The van der Waals surface area contributed by atoms with Gasteiger partial charge in [0.15, 0.2) is 0 Å². The van der Waals surface area contributed by atoms with Crippen molar-refractivity contribution in [3.63, 3.8) is 0 Å². The minimum Gasteiger partial charge on any atom is -0.311 e. The molecule has 2 bridgehead atoms. The van der Waals surface area contributed by atoms with Crippen LogP contribution in [0.15, 0.2) is 0 Å². The highest BCUT2D eigenvalue weighted by Crippen LogP contribution is 2.20. The Hall–Kier alpha value is -0.0800. The molecule has 2 atom stereocenters. The van der Waals surface area contributed by atoms with Crippen LogP contribution in [-0.4, -0.2) is 37.1 Å². The number of likely N-dealkylation sites (N-methyl/N-ethyl adjacent to an activating group) is 1. The van der Waals surface area contributed by atoms with Gasteiger partial charge in [0.25, 0.3) is 0 Å². The zero-order valence-electron chi connectivity index (χ0n) is 5.22. The smallest absolute Gasteiger partial charge is 0.0233 e. The maximum atomic E-state index is 3.44. The number of hydrogen-bond donors (Lipinski definition) is 1. The van der Waals surface area contributed by atoms with Crippen LogP contribution in [0.5, 0.6) is 0 Å². The van der Waals surface area contributed by atoms with E-state index in [-0.39, 0.29) is 0 Å². The van der Waals surface area contributed by atoms with Gasteiger partial charge in [-0.3, -0.25) is 0 Å². The zero-order valence-corrected chi connectivity index (χ0v) is 5.22. The Morgan fingerprint density at radius 1 is 1.62 bits per heavy atom. The number of nitrogens with zero attached hydrogens (tertiary/aromatic N) is 1. The van der Waals surface area contributed by atoms with Crippen LogP contribution in [0.1, 0.15) is 6.42 Å². The van der Waals surface area contributed by atoms with Gasteiger partial charge < -0.3 is 10.2 Å². The molecule has 0 amide bonds. The molecule has 2 heterocycles. The third-order valence-electron chi connectivity index (χ3n) is 2.33. The molecule has 0 spiro atoms. The van der Waals surface area contributed by atoms with Gasteiger partial charge >= 0.3 is 0 Å². The lowest BCUT2D eigenvalue weighted by molar-refractivity contribution is 0.276. The third-order valence-corrected chi connectivity index (χ3v) is 2.33. The minimum absolute atomic E-state index is 0.824. The molecule has 2 saturated heterocycles. The first-order chi connectivity index (χ1) is 3.86. The Balaban J connectivity index is 2.11. The molecule has 2 aliphatic rings. The van der Waals surface area contributed by atoms with Crippen molar-refractivity contribution in [1.82, 2.24) is 10.2 Å². The summed E-state index contributed by atoms with van der Waals surface area (Å²) in [6.45, 7) is 2.49. The molecular weight excluding hydrogens is 100 g/mol. The number of rotatable bonds is 0. The lowest BCUT2D eigenvalue weighted by atomic mass is 10.2. The van der Waals surface area contributed by atoms with Crippen molar-refractivity contribution < 1.29 is 0 Å². The molecule has 8 heavy (non-hydrogen) atoms. The van der Waals surface area contributed by atoms with Gasteiger partial charge in [-0.15, -0.1) is 0 Å². The van der Waals surface area contributed by atoms with Crippen molar-refractivity contribution in [2.24, 2.45) is 0 Å². The van der Waals surface area contributed by atoms with Gasteiger partial charge in [0.2, 0.25) is 0 Å². The number of piperazine rings is 1. The van der Waals surface area contributed by atoms with E-state index in [1.807, 2.05) is 0 Å². The van der Waals surface area contributed by atoms with Gasteiger partial charge in [-0.25, -0.2) is 0 Å². The Labute approximate surface area is 49.9 Å². The summed E-state index contributed by atoms with van der Waals surface area (Å²) in [6, 6.07) is 1.69. The van der Waals surface area contributed by atoms with Gasteiger partial charge in [0.05, 0.1) is 0 Å². The molecule has 2 rings (SSSR count). The average molecular weight is 112 g/mol. The highest BCUT2D eigenvalue weighted by atomic mass is 15.3. The quantitative estimate of drug-likeness (QED) is 0.461. The summed E-state index contributed by atoms with van der Waals surface area (Å²) in [6.07, 6.45) is 1.39. The van der Waals surface area contributed by atoms with E-state index in [9.17, 15) is 0 Å². The monoisotopic (exact) mass is 112 g/mol. The highest BCUT2D eigenvalue weighted by Gasteiger charge is 2.34. The Morgan fingerprint density at radius 2 is 2.50 bits per heavy atom. The maximum Gasteiger partial charge on any atom is 0.0233 e. The molecule has 0 saturated carbocycles. The van der Waals surface area contributed by atoms with Crippen LogP contribution >= 0.6 is 0 Å². The van der Waals surface area contributed by atoms with E-state index < -0.39 is 0 Å². The van der Waals surface area contributed by atoms with Crippen LogP contribution in [0.2, 0.25) is 0 Å². The van der Waals surface area contributed by atoms with E-state index in [0.29, 0.717) is 0 Å². The molecule has 0 aromatic heterocycles. The van der Waals surface area contributed by atoms with E-state index in [4.69, 9.17) is 0 Å². The van der Waals surface area contributed by atoms with Gasteiger partial charge in [0.1, 0.15) is 0 Å². The van der Waals surface area contributed by atoms with E-state index in [1.54, 1.807) is 0 Å². The predicted molar refractivity (Wildman–Crippen MR) is 32.8 cm³/mol. The largest absolute Gasteiger partial charge is 0.311 e. The van der Waals surface area contributed by atoms with E-state index in [1.165, 1.54) is 19.5 Å². The van der Waals surface area contributed by atoms with Crippen molar-refractivity contribution in [3.05, 3.63) is 0 Å². The summed E-state index contributed by atoms with van der Waals surface area (Å²) < 4.78 is 0. The van der Waals surface area contributed by atoms with E-state index in [2.05, 4.69) is 17.3 Å². The molecule has 0 aromatic rings.